The molecule has 2 N–H and O–H groups in total. The number of hydrogen-bond donors (Lipinski definition) is 2. The van der Waals surface area contributed by atoms with Gasteiger partial charge in [0.25, 0.3) is 0 Å². The zero-order valence-electron chi connectivity index (χ0n) is 13.6. The van der Waals surface area contributed by atoms with Crippen LogP contribution in [0.15, 0.2) is 0 Å². The van der Waals surface area contributed by atoms with Crippen LogP contribution in [0.3, 0.4) is 0 Å². The minimum absolute atomic E-state index is 0.0623. The number of hydrogen-bond acceptors (Lipinski definition) is 3. The second-order valence-corrected chi connectivity index (χ2v) is 6.83. The van der Waals surface area contributed by atoms with E-state index < -0.39 is 0 Å². The Kier molecular flexibility index (Phi) is 7.52. The van der Waals surface area contributed by atoms with Gasteiger partial charge in [-0.05, 0) is 37.5 Å². The van der Waals surface area contributed by atoms with Gasteiger partial charge in [0.1, 0.15) is 0 Å². The number of carbonyl (C=O) groups excluding carboxylic acids is 1. The van der Waals surface area contributed by atoms with Crippen LogP contribution in [0.25, 0.3) is 0 Å². The van der Waals surface area contributed by atoms with Crippen molar-refractivity contribution in [2.24, 2.45) is 11.3 Å². The molecule has 1 atom stereocenters. The summed E-state index contributed by atoms with van der Waals surface area (Å²) in [5.41, 5.74) is 0.423. The first-order valence-corrected chi connectivity index (χ1v) is 7.96. The van der Waals surface area contributed by atoms with Crippen molar-refractivity contribution in [2.45, 2.75) is 58.9 Å². The lowest BCUT2D eigenvalue weighted by Crippen LogP contribution is -2.43. The number of nitrogens with one attached hydrogen (secondary N) is 2. The molecule has 20 heavy (non-hydrogen) atoms. The molecule has 118 valence electrons. The van der Waals surface area contributed by atoms with Crippen LogP contribution in [0, 0.1) is 11.3 Å². The average Bonchev–Trinajstić information content (AvgIpc) is 2.76. The molecule has 1 rings (SSSR count). The Morgan fingerprint density at radius 2 is 1.90 bits per heavy atom. The van der Waals surface area contributed by atoms with Gasteiger partial charge >= 0.3 is 0 Å². The van der Waals surface area contributed by atoms with Crippen molar-refractivity contribution >= 4 is 5.91 Å². The molecule has 0 aliphatic heterocycles. The van der Waals surface area contributed by atoms with Crippen molar-refractivity contribution < 1.29 is 9.53 Å². The molecular weight excluding hydrogens is 252 g/mol. The maximum absolute atomic E-state index is 11.8. The zero-order valence-corrected chi connectivity index (χ0v) is 13.6. The van der Waals surface area contributed by atoms with E-state index in [1.54, 1.807) is 7.11 Å². The van der Waals surface area contributed by atoms with Gasteiger partial charge in [-0.2, -0.15) is 0 Å². The minimum atomic E-state index is 0.0623. The summed E-state index contributed by atoms with van der Waals surface area (Å²) in [6.45, 7) is 8.48. The van der Waals surface area contributed by atoms with Gasteiger partial charge in [0.05, 0.1) is 13.2 Å². The second kappa shape index (κ2) is 8.63. The average molecular weight is 284 g/mol. The van der Waals surface area contributed by atoms with Crippen molar-refractivity contribution in [1.29, 1.82) is 0 Å². The SMILES string of the molecule is COCC(C)NC(=O)CNCC1(CC(C)C)CCCC1. The van der Waals surface area contributed by atoms with E-state index >= 15 is 0 Å². The Labute approximate surface area is 124 Å². The highest BCUT2D eigenvalue weighted by Crippen LogP contribution is 2.42. The molecule has 0 radical (unpaired) electrons. The molecule has 0 bridgehead atoms. The Hall–Kier alpha value is -0.610. The highest BCUT2D eigenvalue weighted by Gasteiger charge is 2.33. The molecule has 0 spiro atoms. The van der Waals surface area contributed by atoms with Crippen LogP contribution in [0.5, 0.6) is 0 Å². The van der Waals surface area contributed by atoms with Crippen LogP contribution in [-0.4, -0.2) is 38.8 Å². The Balaban J connectivity index is 2.28. The summed E-state index contributed by atoms with van der Waals surface area (Å²) in [7, 11) is 1.65. The summed E-state index contributed by atoms with van der Waals surface area (Å²) in [4.78, 5) is 11.8. The fourth-order valence-electron chi connectivity index (χ4n) is 3.50. The third kappa shape index (κ3) is 6.23. The molecule has 1 fully saturated rings. The quantitative estimate of drug-likeness (QED) is 0.683. The normalized spacial score (nSPS) is 19.2. The van der Waals surface area contributed by atoms with E-state index in [1.807, 2.05) is 6.92 Å². The largest absolute Gasteiger partial charge is 0.383 e. The van der Waals surface area contributed by atoms with Crippen molar-refractivity contribution in [3.8, 4) is 0 Å². The standard InChI is InChI=1S/C16H32N2O2/c1-13(2)9-16(7-5-6-8-16)12-17-10-15(19)18-14(3)11-20-4/h13-14,17H,5-12H2,1-4H3,(H,18,19). The van der Waals surface area contributed by atoms with Crippen molar-refractivity contribution in [1.82, 2.24) is 10.6 Å². The van der Waals surface area contributed by atoms with E-state index in [2.05, 4.69) is 24.5 Å². The Morgan fingerprint density at radius 1 is 1.25 bits per heavy atom. The number of ether oxygens (including phenoxy) is 1. The third-order valence-corrected chi connectivity index (χ3v) is 4.12. The molecule has 1 saturated carbocycles. The first-order chi connectivity index (χ1) is 9.47. The van der Waals surface area contributed by atoms with Gasteiger partial charge in [-0.15, -0.1) is 0 Å². The van der Waals surface area contributed by atoms with E-state index in [9.17, 15) is 4.79 Å². The molecule has 1 unspecified atom stereocenters. The number of methoxy groups -OCH3 is 1. The summed E-state index contributed by atoms with van der Waals surface area (Å²) in [5, 5.41) is 6.30. The first kappa shape index (κ1) is 17.4. The first-order valence-electron chi connectivity index (χ1n) is 7.96. The summed E-state index contributed by atoms with van der Waals surface area (Å²) in [6, 6.07) is 0.0744. The lowest BCUT2D eigenvalue weighted by atomic mass is 9.78. The van der Waals surface area contributed by atoms with E-state index in [0.717, 1.165) is 12.5 Å². The number of carbonyl (C=O) groups is 1. The maximum atomic E-state index is 11.8. The van der Waals surface area contributed by atoms with Crippen molar-refractivity contribution in [3.63, 3.8) is 0 Å². The molecule has 0 heterocycles. The van der Waals surface area contributed by atoms with Gasteiger partial charge in [-0.3, -0.25) is 4.79 Å². The summed E-state index contributed by atoms with van der Waals surface area (Å²) < 4.78 is 5.01. The Morgan fingerprint density at radius 3 is 2.45 bits per heavy atom. The van der Waals surface area contributed by atoms with Gasteiger partial charge in [0.15, 0.2) is 0 Å². The predicted octanol–water partition coefficient (Wildman–Crippen LogP) is 2.33. The molecule has 1 amide bonds. The summed E-state index contributed by atoms with van der Waals surface area (Å²) in [6.07, 6.45) is 6.55. The van der Waals surface area contributed by atoms with E-state index in [-0.39, 0.29) is 11.9 Å². The fourth-order valence-corrected chi connectivity index (χ4v) is 3.50. The lowest BCUT2D eigenvalue weighted by molar-refractivity contribution is -0.121. The van der Waals surface area contributed by atoms with Crippen LogP contribution in [0.2, 0.25) is 0 Å². The van der Waals surface area contributed by atoms with Crippen LogP contribution in [0.1, 0.15) is 52.9 Å². The molecule has 4 heteroatoms. The fraction of sp³-hybridized carbons (Fsp3) is 0.938. The van der Waals surface area contributed by atoms with Crippen LogP contribution >= 0.6 is 0 Å². The minimum Gasteiger partial charge on any atom is -0.383 e. The van der Waals surface area contributed by atoms with Crippen molar-refractivity contribution in [3.05, 3.63) is 0 Å². The molecule has 4 nitrogen and oxygen atoms in total. The van der Waals surface area contributed by atoms with Crippen LogP contribution in [-0.2, 0) is 9.53 Å². The highest BCUT2D eigenvalue weighted by molar-refractivity contribution is 5.78. The third-order valence-electron chi connectivity index (χ3n) is 4.12. The molecule has 1 aliphatic carbocycles. The summed E-state index contributed by atoms with van der Waals surface area (Å²) in [5.74, 6) is 0.790. The van der Waals surface area contributed by atoms with Gasteiger partial charge in [0, 0.05) is 19.7 Å². The van der Waals surface area contributed by atoms with Crippen LogP contribution in [0.4, 0.5) is 0 Å². The van der Waals surface area contributed by atoms with Gasteiger partial charge in [0.2, 0.25) is 5.91 Å². The van der Waals surface area contributed by atoms with Crippen LogP contribution < -0.4 is 10.6 Å². The smallest absolute Gasteiger partial charge is 0.234 e. The molecular formula is C16H32N2O2. The second-order valence-electron chi connectivity index (χ2n) is 6.83. The topological polar surface area (TPSA) is 50.4 Å². The molecule has 1 aliphatic rings. The lowest BCUT2D eigenvalue weighted by Gasteiger charge is -2.31. The number of rotatable bonds is 9. The molecule has 0 aromatic carbocycles. The zero-order chi connectivity index (χ0) is 15.0. The maximum Gasteiger partial charge on any atom is 0.234 e. The monoisotopic (exact) mass is 284 g/mol. The van der Waals surface area contributed by atoms with Crippen molar-refractivity contribution in [2.75, 3.05) is 26.8 Å². The number of amides is 1. The van der Waals surface area contributed by atoms with Gasteiger partial charge in [-0.1, -0.05) is 26.7 Å². The molecule has 0 aromatic heterocycles. The summed E-state index contributed by atoms with van der Waals surface area (Å²) >= 11 is 0. The molecule has 0 aromatic rings. The highest BCUT2D eigenvalue weighted by atomic mass is 16.5. The van der Waals surface area contributed by atoms with Gasteiger partial charge < -0.3 is 15.4 Å². The van der Waals surface area contributed by atoms with Gasteiger partial charge in [-0.25, -0.2) is 0 Å². The predicted molar refractivity (Wildman–Crippen MR) is 82.7 cm³/mol. The van der Waals surface area contributed by atoms with E-state index in [1.165, 1.54) is 32.1 Å². The Bertz CT molecular complexity index is 286. The van der Waals surface area contributed by atoms with E-state index in [4.69, 9.17) is 4.74 Å². The van der Waals surface area contributed by atoms with E-state index in [0.29, 0.717) is 18.6 Å². The molecule has 0 saturated heterocycles.